The van der Waals surface area contributed by atoms with Gasteiger partial charge >= 0.3 is 0 Å². The van der Waals surface area contributed by atoms with Gasteiger partial charge in [-0.25, -0.2) is 0 Å². The van der Waals surface area contributed by atoms with E-state index >= 15 is 0 Å². The lowest BCUT2D eigenvalue weighted by atomic mass is 10.4. The topological polar surface area (TPSA) is 29.1 Å². The van der Waals surface area contributed by atoms with Crippen LogP contribution in [0.15, 0.2) is 0 Å². The molecule has 1 saturated heterocycles. The molecule has 1 rings (SSSR count). The number of thiol groups is 1. The number of hydrogen-bond acceptors (Lipinski definition) is 3. The summed E-state index contributed by atoms with van der Waals surface area (Å²) in [5, 5.41) is 3.20. The molecular weight excluding hydrogens is 154 g/mol. The normalized spacial score (nSPS) is 27.9. The van der Waals surface area contributed by atoms with Crippen LogP contribution in [0.1, 0.15) is 0 Å². The van der Waals surface area contributed by atoms with Crippen molar-refractivity contribution in [2.45, 2.75) is 5.25 Å². The van der Waals surface area contributed by atoms with Crippen molar-refractivity contribution in [3.05, 3.63) is 0 Å². The first kappa shape index (κ1) is 7.44. The third-order valence-corrected chi connectivity index (χ3v) is 2.91. The molecule has 0 spiro atoms. The van der Waals surface area contributed by atoms with Crippen LogP contribution in [0.4, 0.5) is 0 Å². The first-order chi connectivity index (χ1) is 4.30. The molecule has 0 aromatic carbocycles. The van der Waals surface area contributed by atoms with Crippen LogP contribution in [0.2, 0.25) is 0 Å². The highest BCUT2D eigenvalue weighted by Gasteiger charge is 2.17. The Morgan fingerprint density at radius 1 is 1.78 bits per heavy atom. The summed E-state index contributed by atoms with van der Waals surface area (Å²) in [5.74, 6) is 1.02. The predicted molar refractivity (Wildman–Crippen MR) is 43.1 cm³/mol. The van der Waals surface area contributed by atoms with Crippen LogP contribution in [0, 0.1) is 0 Å². The molecule has 0 aromatic heterocycles. The minimum Gasteiger partial charge on any atom is -0.314 e. The SMILES string of the molecule is O=C(S)C1CNCCS1. The van der Waals surface area contributed by atoms with E-state index in [4.69, 9.17) is 0 Å². The molecule has 2 nitrogen and oxygen atoms in total. The molecule has 1 aliphatic rings. The number of nitrogens with one attached hydrogen (secondary N) is 1. The lowest BCUT2D eigenvalue weighted by Gasteiger charge is -2.18. The summed E-state index contributed by atoms with van der Waals surface area (Å²) in [6.45, 7) is 1.80. The van der Waals surface area contributed by atoms with Crippen LogP contribution in [-0.2, 0) is 4.79 Å². The molecule has 0 radical (unpaired) electrons. The fraction of sp³-hybridized carbons (Fsp3) is 0.800. The lowest BCUT2D eigenvalue weighted by molar-refractivity contribution is -0.110. The van der Waals surface area contributed by atoms with Crippen molar-refractivity contribution in [3.8, 4) is 0 Å². The Labute approximate surface area is 64.2 Å². The van der Waals surface area contributed by atoms with Crippen molar-refractivity contribution >= 4 is 29.5 Å². The van der Waals surface area contributed by atoms with E-state index in [-0.39, 0.29) is 10.4 Å². The van der Waals surface area contributed by atoms with Crippen LogP contribution in [-0.4, -0.2) is 29.2 Å². The molecule has 52 valence electrons. The molecule has 0 saturated carbocycles. The van der Waals surface area contributed by atoms with Gasteiger partial charge in [-0.15, -0.1) is 24.4 Å². The average molecular weight is 163 g/mol. The smallest absolute Gasteiger partial charge is 0.200 e. The zero-order chi connectivity index (χ0) is 6.69. The highest BCUT2D eigenvalue weighted by Crippen LogP contribution is 2.14. The number of rotatable bonds is 1. The van der Waals surface area contributed by atoms with Gasteiger partial charge in [0.1, 0.15) is 0 Å². The van der Waals surface area contributed by atoms with Crippen LogP contribution >= 0.6 is 24.4 Å². The number of hydrogen-bond donors (Lipinski definition) is 2. The molecule has 0 aromatic rings. The van der Waals surface area contributed by atoms with Gasteiger partial charge in [-0.1, -0.05) is 0 Å². The van der Waals surface area contributed by atoms with Crippen molar-refractivity contribution in [3.63, 3.8) is 0 Å². The van der Waals surface area contributed by atoms with Crippen molar-refractivity contribution in [2.75, 3.05) is 18.8 Å². The first-order valence-corrected chi connectivity index (χ1v) is 4.35. The van der Waals surface area contributed by atoms with Gasteiger partial charge in [0.05, 0.1) is 5.25 Å². The second-order valence-corrected chi connectivity index (χ2v) is 3.65. The molecule has 1 unspecified atom stereocenters. The Morgan fingerprint density at radius 3 is 2.89 bits per heavy atom. The number of carbonyl (C=O) groups excluding carboxylic acids is 1. The van der Waals surface area contributed by atoms with Crippen molar-refractivity contribution < 1.29 is 4.79 Å². The third kappa shape index (κ3) is 2.20. The summed E-state index contributed by atoms with van der Waals surface area (Å²) in [4.78, 5) is 10.6. The van der Waals surface area contributed by atoms with Gasteiger partial charge in [0.25, 0.3) is 0 Å². The standard InChI is InChI=1S/C5H9NOS2/c7-5(8)4-3-6-1-2-9-4/h4,6H,1-3H2,(H,7,8). The highest BCUT2D eigenvalue weighted by atomic mass is 32.2. The summed E-state index contributed by atoms with van der Waals surface area (Å²) < 4.78 is 0. The second-order valence-electron chi connectivity index (χ2n) is 1.90. The predicted octanol–water partition coefficient (Wildman–Crippen LogP) is 0.148. The fourth-order valence-electron chi connectivity index (χ4n) is 0.724. The maximum absolute atomic E-state index is 10.6. The van der Waals surface area contributed by atoms with E-state index < -0.39 is 0 Å². The average Bonchev–Trinajstić information content (AvgIpc) is 1.90. The van der Waals surface area contributed by atoms with E-state index in [0.29, 0.717) is 0 Å². The monoisotopic (exact) mass is 163 g/mol. The van der Waals surface area contributed by atoms with E-state index in [1.54, 1.807) is 11.8 Å². The molecule has 1 aliphatic heterocycles. The van der Waals surface area contributed by atoms with Crippen LogP contribution < -0.4 is 5.32 Å². The zero-order valence-electron chi connectivity index (χ0n) is 4.96. The molecule has 4 heteroatoms. The zero-order valence-corrected chi connectivity index (χ0v) is 6.67. The molecule has 1 fully saturated rings. The molecule has 1 N–H and O–H groups in total. The summed E-state index contributed by atoms with van der Waals surface area (Å²) in [5.41, 5.74) is 0. The minimum atomic E-state index is -0.00722. The molecule has 0 aliphatic carbocycles. The second kappa shape index (κ2) is 3.49. The number of thioether (sulfide) groups is 1. The molecular formula is C5H9NOS2. The van der Waals surface area contributed by atoms with Gasteiger partial charge in [0.15, 0.2) is 5.12 Å². The summed E-state index contributed by atoms with van der Waals surface area (Å²) in [7, 11) is 0. The maximum Gasteiger partial charge on any atom is 0.200 e. The van der Waals surface area contributed by atoms with E-state index in [1.165, 1.54) is 0 Å². The Balaban J connectivity index is 2.31. The van der Waals surface area contributed by atoms with E-state index in [1.807, 2.05) is 0 Å². The van der Waals surface area contributed by atoms with E-state index in [0.717, 1.165) is 18.8 Å². The van der Waals surface area contributed by atoms with E-state index in [9.17, 15) is 4.79 Å². The Kier molecular flexibility index (Phi) is 2.88. The third-order valence-electron chi connectivity index (χ3n) is 1.20. The van der Waals surface area contributed by atoms with Gasteiger partial charge in [0.2, 0.25) is 0 Å². The summed E-state index contributed by atoms with van der Waals surface area (Å²) in [6.07, 6.45) is 0. The summed E-state index contributed by atoms with van der Waals surface area (Å²) >= 11 is 5.42. The lowest BCUT2D eigenvalue weighted by Crippen LogP contribution is -2.35. The van der Waals surface area contributed by atoms with Crippen molar-refractivity contribution in [2.24, 2.45) is 0 Å². The van der Waals surface area contributed by atoms with Gasteiger partial charge in [-0.2, -0.15) is 0 Å². The minimum absolute atomic E-state index is 0.00722. The van der Waals surface area contributed by atoms with Gasteiger partial charge in [0, 0.05) is 18.8 Å². The fourth-order valence-corrected chi connectivity index (χ4v) is 1.96. The van der Waals surface area contributed by atoms with Gasteiger partial charge in [-0.3, -0.25) is 4.79 Å². The maximum atomic E-state index is 10.6. The Morgan fingerprint density at radius 2 is 2.56 bits per heavy atom. The molecule has 0 bridgehead atoms. The first-order valence-electron chi connectivity index (χ1n) is 2.86. The number of carbonyl (C=O) groups is 1. The Bertz CT molecular complexity index is 112. The molecule has 0 amide bonds. The molecule has 1 atom stereocenters. The van der Waals surface area contributed by atoms with E-state index in [2.05, 4.69) is 17.9 Å². The largest absolute Gasteiger partial charge is 0.314 e. The molecule has 1 heterocycles. The molecule has 9 heavy (non-hydrogen) atoms. The summed E-state index contributed by atoms with van der Waals surface area (Å²) in [6, 6.07) is 0. The Hall–Kier alpha value is 0.330. The van der Waals surface area contributed by atoms with Crippen LogP contribution in [0.3, 0.4) is 0 Å². The van der Waals surface area contributed by atoms with Gasteiger partial charge in [-0.05, 0) is 0 Å². The highest BCUT2D eigenvalue weighted by molar-refractivity contribution is 8.05. The van der Waals surface area contributed by atoms with Crippen molar-refractivity contribution in [1.29, 1.82) is 0 Å². The van der Waals surface area contributed by atoms with Crippen LogP contribution in [0.25, 0.3) is 0 Å². The van der Waals surface area contributed by atoms with Gasteiger partial charge < -0.3 is 5.32 Å². The quantitative estimate of drug-likeness (QED) is 0.539. The van der Waals surface area contributed by atoms with Crippen LogP contribution in [0.5, 0.6) is 0 Å². The van der Waals surface area contributed by atoms with Crippen molar-refractivity contribution in [1.82, 2.24) is 5.32 Å².